The van der Waals surface area contributed by atoms with Crippen LogP contribution in [0.5, 0.6) is 0 Å². The molecule has 0 rings (SSSR count). The maximum absolute atomic E-state index is 11.7. The monoisotopic (exact) mass is 316 g/mol. The first-order valence-corrected chi connectivity index (χ1v) is 8.74. The molecule has 1 unspecified atom stereocenters. The molecule has 0 aromatic heterocycles. The Morgan fingerprint density at radius 1 is 0.955 bits per heavy atom. The largest absolute Gasteiger partial charge is 0.465 e. The Balaban J connectivity index is 3.37. The second-order valence-electron chi connectivity index (χ2n) is 5.87. The van der Waals surface area contributed by atoms with Crippen molar-refractivity contribution in [2.45, 2.75) is 83.5 Å². The van der Waals surface area contributed by atoms with Gasteiger partial charge in [-0.15, -0.1) is 0 Å². The lowest BCUT2D eigenvalue weighted by Crippen LogP contribution is -2.45. The highest BCUT2D eigenvalue weighted by Crippen LogP contribution is 2.08. The number of hydrogen-bond donors (Lipinski definition) is 4. The summed E-state index contributed by atoms with van der Waals surface area (Å²) in [7, 11) is 0. The highest BCUT2D eigenvalue weighted by atomic mass is 16.5. The van der Waals surface area contributed by atoms with Crippen LogP contribution < -0.4 is 22.5 Å². The standard InChI is InChI=1S/C16H36N4O2/c1-2-3-4-5-6-7-8-9-13-22-15(21)14(17)11-10-12-20-16(18)19/h14,16,20H,2-13,17-19H2,1H3. The van der Waals surface area contributed by atoms with Gasteiger partial charge in [-0.1, -0.05) is 51.9 Å². The minimum absolute atomic E-state index is 0.306. The van der Waals surface area contributed by atoms with E-state index in [1.54, 1.807) is 0 Å². The minimum Gasteiger partial charge on any atom is -0.465 e. The van der Waals surface area contributed by atoms with Crippen LogP contribution in [0.15, 0.2) is 0 Å². The molecule has 0 radical (unpaired) electrons. The third kappa shape index (κ3) is 14.3. The summed E-state index contributed by atoms with van der Waals surface area (Å²) in [6.45, 7) is 3.35. The molecular weight excluding hydrogens is 280 g/mol. The quantitative estimate of drug-likeness (QED) is 0.207. The van der Waals surface area contributed by atoms with Crippen LogP contribution in [0, 0.1) is 0 Å². The first kappa shape index (κ1) is 21.3. The summed E-state index contributed by atoms with van der Waals surface area (Å²) in [5, 5.41) is 2.87. The summed E-state index contributed by atoms with van der Waals surface area (Å²) in [6, 6.07) is -0.551. The van der Waals surface area contributed by atoms with Crippen molar-refractivity contribution < 1.29 is 9.53 Å². The molecule has 0 fully saturated rings. The van der Waals surface area contributed by atoms with E-state index in [0.29, 0.717) is 19.6 Å². The van der Waals surface area contributed by atoms with Gasteiger partial charge in [0.05, 0.1) is 6.61 Å². The molecule has 0 bridgehead atoms. The number of nitrogens with one attached hydrogen (secondary N) is 1. The Labute approximate surface area is 135 Å². The molecule has 0 aliphatic carbocycles. The van der Waals surface area contributed by atoms with E-state index in [0.717, 1.165) is 19.3 Å². The van der Waals surface area contributed by atoms with Gasteiger partial charge in [-0.3, -0.25) is 10.1 Å². The molecule has 0 heterocycles. The molecule has 0 aromatic carbocycles. The van der Waals surface area contributed by atoms with Gasteiger partial charge in [-0.05, 0) is 25.8 Å². The fourth-order valence-corrected chi connectivity index (χ4v) is 2.22. The zero-order valence-electron chi connectivity index (χ0n) is 14.2. The summed E-state index contributed by atoms with van der Waals surface area (Å²) >= 11 is 0. The van der Waals surface area contributed by atoms with Gasteiger partial charge in [0, 0.05) is 0 Å². The molecule has 7 N–H and O–H groups in total. The predicted molar refractivity (Wildman–Crippen MR) is 90.9 cm³/mol. The second kappa shape index (κ2) is 15.2. The Morgan fingerprint density at radius 3 is 2.14 bits per heavy atom. The second-order valence-corrected chi connectivity index (χ2v) is 5.87. The van der Waals surface area contributed by atoms with E-state index < -0.39 is 12.3 Å². The van der Waals surface area contributed by atoms with Gasteiger partial charge in [0.15, 0.2) is 0 Å². The average molecular weight is 316 g/mol. The maximum Gasteiger partial charge on any atom is 0.322 e. The van der Waals surface area contributed by atoms with Gasteiger partial charge in [0.25, 0.3) is 0 Å². The summed E-state index contributed by atoms with van der Waals surface area (Å²) in [4.78, 5) is 11.7. The first-order valence-electron chi connectivity index (χ1n) is 8.74. The van der Waals surface area contributed by atoms with Crippen molar-refractivity contribution in [3.05, 3.63) is 0 Å². The molecular formula is C16H36N4O2. The topological polar surface area (TPSA) is 116 Å². The van der Waals surface area contributed by atoms with Gasteiger partial charge >= 0.3 is 5.97 Å². The van der Waals surface area contributed by atoms with Crippen LogP contribution in [0.3, 0.4) is 0 Å². The number of hydrogen-bond acceptors (Lipinski definition) is 6. The fraction of sp³-hybridized carbons (Fsp3) is 0.938. The number of carbonyl (C=O) groups excluding carboxylic acids is 1. The van der Waals surface area contributed by atoms with Crippen molar-refractivity contribution in [2.24, 2.45) is 17.2 Å². The highest BCUT2D eigenvalue weighted by molar-refractivity contribution is 5.75. The molecule has 0 spiro atoms. The Hall–Kier alpha value is -0.690. The molecule has 0 saturated carbocycles. The predicted octanol–water partition coefficient (Wildman–Crippen LogP) is 1.57. The highest BCUT2D eigenvalue weighted by Gasteiger charge is 2.14. The number of ether oxygens (including phenoxy) is 1. The fourth-order valence-electron chi connectivity index (χ4n) is 2.22. The molecule has 0 aliphatic heterocycles. The third-order valence-corrected chi connectivity index (χ3v) is 3.62. The summed E-state index contributed by atoms with van der Waals surface area (Å²) in [6.07, 6.45) is 10.6. The first-order chi connectivity index (χ1) is 10.6. The van der Waals surface area contributed by atoms with Crippen molar-refractivity contribution in [1.29, 1.82) is 0 Å². The van der Waals surface area contributed by atoms with Crippen LogP contribution in [0.2, 0.25) is 0 Å². The van der Waals surface area contributed by atoms with Gasteiger partial charge < -0.3 is 21.9 Å². The number of nitrogens with two attached hydrogens (primary N) is 3. The molecule has 6 heteroatoms. The van der Waals surface area contributed by atoms with E-state index in [-0.39, 0.29) is 5.97 Å². The molecule has 0 aromatic rings. The van der Waals surface area contributed by atoms with Crippen molar-refractivity contribution in [3.63, 3.8) is 0 Å². The van der Waals surface area contributed by atoms with Gasteiger partial charge in [0.1, 0.15) is 12.3 Å². The van der Waals surface area contributed by atoms with E-state index in [4.69, 9.17) is 21.9 Å². The maximum atomic E-state index is 11.7. The molecule has 22 heavy (non-hydrogen) atoms. The van der Waals surface area contributed by atoms with Crippen molar-refractivity contribution in [2.75, 3.05) is 13.2 Å². The lowest BCUT2D eigenvalue weighted by Gasteiger charge is -2.12. The number of carbonyl (C=O) groups is 1. The van der Waals surface area contributed by atoms with Crippen LogP contribution in [0.1, 0.15) is 71.1 Å². The van der Waals surface area contributed by atoms with Crippen LogP contribution in [0.25, 0.3) is 0 Å². The van der Waals surface area contributed by atoms with E-state index in [1.165, 1.54) is 38.5 Å². The van der Waals surface area contributed by atoms with Crippen molar-refractivity contribution in [3.8, 4) is 0 Å². The lowest BCUT2D eigenvalue weighted by atomic mass is 10.1. The van der Waals surface area contributed by atoms with Crippen molar-refractivity contribution in [1.82, 2.24) is 5.32 Å². The number of rotatable bonds is 15. The summed E-state index contributed by atoms with van der Waals surface area (Å²) < 4.78 is 5.19. The van der Waals surface area contributed by atoms with E-state index in [9.17, 15) is 4.79 Å². The van der Waals surface area contributed by atoms with Crippen LogP contribution in [0.4, 0.5) is 0 Å². The Morgan fingerprint density at radius 2 is 1.55 bits per heavy atom. The summed E-state index contributed by atoms with van der Waals surface area (Å²) in [5.41, 5.74) is 16.5. The van der Waals surface area contributed by atoms with Crippen LogP contribution >= 0.6 is 0 Å². The molecule has 6 nitrogen and oxygen atoms in total. The summed E-state index contributed by atoms with van der Waals surface area (Å²) in [5.74, 6) is -0.306. The number of esters is 1. The molecule has 0 aliphatic rings. The molecule has 0 amide bonds. The third-order valence-electron chi connectivity index (χ3n) is 3.62. The van der Waals surface area contributed by atoms with Gasteiger partial charge in [-0.2, -0.15) is 0 Å². The van der Waals surface area contributed by atoms with E-state index in [2.05, 4.69) is 12.2 Å². The lowest BCUT2D eigenvalue weighted by molar-refractivity contribution is -0.145. The Bertz CT molecular complexity index is 263. The Kier molecular flexibility index (Phi) is 14.7. The van der Waals surface area contributed by atoms with Crippen LogP contribution in [-0.2, 0) is 9.53 Å². The zero-order valence-corrected chi connectivity index (χ0v) is 14.2. The SMILES string of the molecule is CCCCCCCCCCOC(=O)C(N)CCCNC(N)N. The zero-order chi connectivity index (χ0) is 16.6. The average Bonchev–Trinajstić information content (AvgIpc) is 2.49. The van der Waals surface area contributed by atoms with Gasteiger partial charge in [0.2, 0.25) is 0 Å². The van der Waals surface area contributed by atoms with Crippen LogP contribution in [-0.4, -0.2) is 31.5 Å². The van der Waals surface area contributed by atoms with Crippen molar-refractivity contribution >= 4 is 5.97 Å². The number of unbranched alkanes of at least 4 members (excludes halogenated alkanes) is 7. The smallest absolute Gasteiger partial charge is 0.322 e. The minimum atomic E-state index is -0.551. The normalized spacial score (nSPS) is 12.6. The molecule has 132 valence electrons. The van der Waals surface area contributed by atoms with Gasteiger partial charge in [-0.25, -0.2) is 0 Å². The van der Waals surface area contributed by atoms with E-state index in [1.807, 2.05) is 0 Å². The van der Waals surface area contributed by atoms with E-state index >= 15 is 0 Å². The molecule has 0 saturated heterocycles. The molecule has 1 atom stereocenters.